The Morgan fingerprint density at radius 1 is 0.936 bits per heavy atom. The molecule has 0 aliphatic carbocycles. The maximum Gasteiger partial charge on any atom is 0.253 e. The topological polar surface area (TPSA) is 90.4 Å². The Morgan fingerprint density at radius 2 is 1.51 bits per heavy atom. The summed E-state index contributed by atoms with van der Waals surface area (Å²) in [6.45, 7) is 9.68. The number of anilines is 2. The number of aliphatic hydroxyl groups excluding tert-OH is 1. The van der Waals surface area contributed by atoms with Crippen LogP contribution in [0.4, 0.5) is 11.4 Å². The number of amides is 3. The van der Waals surface area contributed by atoms with Gasteiger partial charge >= 0.3 is 0 Å². The fourth-order valence-electron chi connectivity index (χ4n) is 8.00. The second-order valence-electron chi connectivity index (χ2n) is 12.8. The van der Waals surface area contributed by atoms with Crippen LogP contribution in [0.5, 0.6) is 0 Å². The maximum atomic E-state index is 15.0. The molecule has 3 aromatic carbocycles. The van der Waals surface area contributed by atoms with Gasteiger partial charge in [-0.15, -0.1) is 13.2 Å². The lowest BCUT2D eigenvalue weighted by molar-refractivity contribution is -0.148. The van der Waals surface area contributed by atoms with Crippen molar-refractivity contribution in [3.8, 4) is 0 Å². The van der Waals surface area contributed by atoms with Crippen molar-refractivity contribution in [3.63, 3.8) is 0 Å². The van der Waals surface area contributed by atoms with Gasteiger partial charge in [0, 0.05) is 29.5 Å². The van der Waals surface area contributed by atoms with Gasteiger partial charge in [-0.3, -0.25) is 14.4 Å². The number of hydrogen-bond acceptors (Lipinski definition) is 5. The summed E-state index contributed by atoms with van der Waals surface area (Å²) in [4.78, 5) is 49.4. The van der Waals surface area contributed by atoms with Crippen LogP contribution in [0.1, 0.15) is 25.3 Å². The molecular weight excluding hydrogens is 614 g/mol. The number of benzene rings is 3. The molecular formula is C38H40ClN3O5. The van der Waals surface area contributed by atoms with Gasteiger partial charge in [0.1, 0.15) is 11.6 Å². The average molecular weight is 654 g/mol. The van der Waals surface area contributed by atoms with E-state index < -0.39 is 35.1 Å². The summed E-state index contributed by atoms with van der Waals surface area (Å²) in [5.41, 5.74) is -0.0802. The van der Waals surface area contributed by atoms with Crippen LogP contribution in [-0.2, 0) is 25.5 Å². The van der Waals surface area contributed by atoms with E-state index in [0.29, 0.717) is 35.7 Å². The lowest BCUT2D eigenvalue weighted by Gasteiger charge is -2.39. The van der Waals surface area contributed by atoms with E-state index in [2.05, 4.69) is 13.2 Å². The SMILES string of the molecule is C=CCN(C(=O)C1N([C@@H](CO)Cc2ccccc2)C(=O)[C@@H]2[C@H](C(=O)N(CC=C)c3ccccc3)[C@]3(C)CCC12O3)c1ccc(Cl)cc1. The number of fused-ring (bicyclic) bond motifs is 1. The number of likely N-dealkylation sites (tertiary alicyclic amines) is 1. The molecule has 6 rings (SSSR count). The third-order valence-corrected chi connectivity index (χ3v) is 10.2. The van der Waals surface area contributed by atoms with Gasteiger partial charge in [-0.25, -0.2) is 0 Å². The summed E-state index contributed by atoms with van der Waals surface area (Å²) in [6, 6.07) is 23.9. The molecule has 6 atom stereocenters. The van der Waals surface area contributed by atoms with Gasteiger partial charge in [-0.05, 0) is 68.1 Å². The number of nitrogens with zero attached hydrogens (tertiary/aromatic N) is 3. The zero-order chi connectivity index (χ0) is 33.3. The third-order valence-electron chi connectivity index (χ3n) is 9.99. The van der Waals surface area contributed by atoms with Crippen molar-refractivity contribution in [2.24, 2.45) is 11.8 Å². The quantitative estimate of drug-likeness (QED) is 0.263. The molecule has 244 valence electrons. The number of halogens is 1. The third kappa shape index (κ3) is 5.58. The fourth-order valence-corrected chi connectivity index (χ4v) is 8.12. The van der Waals surface area contributed by atoms with E-state index in [1.807, 2.05) is 67.6 Å². The molecule has 0 aromatic heterocycles. The van der Waals surface area contributed by atoms with Crippen LogP contribution < -0.4 is 9.80 Å². The van der Waals surface area contributed by atoms with E-state index in [-0.39, 0.29) is 37.4 Å². The molecule has 2 bridgehead atoms. The van der Waals surface area contributed by atoms with Crippen LogP contribution in [0, 0.1) is 11.8 Å². The number of para-hydroxylation sites is 1. The summed E-state index contributed by atoms with van der Waals surface area (Å²) in [5.74, 6) is -2.77. The molecule has 1 spiro atoms. The molecule has 3 heterocycles. The molecule has 3 aromatic rings. The highest BCUT2D eigenvalue weighted by molar-refractivity contribution is 6.30. The normalized spacial score (nSPS) is 26.5. The first kappa shape index (κ1) is 32.7. The number of hydrogen-bond donors (Lipinski definition) is 1. The van der Waals surface area contributed by atoms with Gasteiger partial charge in [0.05, 0.1) is 30.1 Å². The number of rotatable bonds is 12. The van der Waals surface area contributed by atoms with Crippen molar-refractivity contribution in [2.45, 2.75) is 49.5 Å². The summed E-state index contributed by atoms with van der Waals surface area (Å²) in [5, 5.41) is 11.4. The Labute approximate surface area is 280 Å². The van der Waals surface area contributed by atoms with Crippen LogP contribution in [0.25, 0.3) is 0 Å². The summed E-state index contributed by atoms with van der Waals surface area (Å²) in [7, 11) is 0. The van der Waals surface area contributed by atoms with Crippen LogP contribution in [0.2, 0.25) is 5.02 Å². The Kier molecular flexibility index (Phi) is 9.12. The van der Waals surface area contributed by atoms with Crippen LogP contribution in [-0.4, -0.2) is 70.7 Å². The summed E-state index contributed by atoms with van der Waals surface area (Å²) in [6.07, 6.45) is 4.51. The van der Waals surface area contributed by atoms with Gasteiger partial charge in [-0.1, -0.05) is 72.3 Å². The lowest BCUT2D eigenvalue weighted by atomic mass is 9.66. The van der Waals surface area contributed by atoms with Crippen molar-refractivity contribution >= 4 is 40.7 Å². The summed E-state index contributed by atoms with van der Waals surface area (Å²) < 4.78 is 6.92. The molecule has 2 unspecified atom stereocenters. The smallest absolute Gasteiger partial charge is 0.253 e. The highest BCUT2D eigenvalue weighted by Crippen LogP contribution is 2.64. The van der Waals surface area contributed by atoms with Gasteiger partial charge in [0.25, 0.3) is 5.91 Å². The molecule has 3 saturated heterocycles. The van der Waals surface area contributed by atoms with Crippen molar-refractivity contribution in [1.82, 2.24) is 4.90 Å². The van der Waals surface area contributed by atoms with Crippen LogP contribution in [0.15, 0.2) is 110 Å². The van der Waals surface area contributed by atoms with E-state index in [0.717, 1.165) is 5.56 Å². The predicted octanol–water partition coefficient (Wildman–Crippen LogP) is 5.45. The second kappa shape index (κ2) is 13.1. The van der Waals surface area contributed by atoms with E-state index in [1.54, 1.807) is 46.2 Å². The Balaban J connectivity index is 1.47. The van der Waals surface area contributed by atoms with E-state index in [9.17, 15) is 19.5 Å². The van der Waals surface area contributed by atoms with Crippen molar-refractivity contribution < 1.29 is 24.2 Å². The first-order valence-electron chi connectivity index (χ1n) is 16.0. The zero-order valence-electron chi connectivity index (χ0n) is 26.5. The monoisotopic (exact) mass is 653 g/mol. The molecule has 1 N–H and O–H groups in total. The molecule has 3 amide bonds. The number of aliphatic hydroxyl groups is 1. The van der Waals surface area contributed by atoms with Crippen molar-refractivity contribution in [3.05, 3.63) is 121 Å². The van der Waals surface area contributed by atoms with Gasteiger partial charge in [0.2, 0.25) is 11.8 Å². The van der Waals surface area contributed by atoms with Crippen molar-refractivity contribution in [1.29, 1.82) is 0 Å². The Hall–Kier alpha value is -4.24. The van der Waals surface area contributed by atoms with Crippen molar-refractivity contribution in [2.75, 3.05) is 29.5 Å². The van der Waals surface area contributed by atoms with E-state index >= 15 is 0 Å². The number of ether oxygens (including phenoxy) is 1. The largest absolute Gasteiger partial charge is 0.394 e. The van der Waals surface area contributed by atoms with E-state index in [4.69, 9.17) is 16.3 Å². The molecule has 0 saturated carbocycles. The molecule has 0 radical (unpaired) electrons. The summed E-state index contributed by atoms with van der Waals surface area (Å²) >= 11 is 6.19. The molecule has 3 aliphatic heterocycles. The predicted molar refractivity (Wildman–Crippen MR) is 183 cm³/mol. The molecule has 8 nitrogen and oxygen atoms in total. The number of carbonyl (C=O) groups excluding carboxylic acids is 3. The molecule has 47 heavy (non-hydrogen) atoms. The first-order chi connectivity index (χ1) is 22.7. The van der Waals surface area contributed by atoms with Gasteiger partial charge in [-0.2, -0.15) is 0 Å². The number of carbonyl (C=O) groups is 3. The van der Waals surface area contributed by atoms with Gasteiger partial charge < -0.3 is 24.5 Å². The van der Waals surface area contributed by atoms with Crippen LogP contribution >= 0.6 is 11.6 Å². The van der Waals surface area contributed by atoms with Crippen LogP contribution in [0.3, 0.4) is 0 Å². The molecule has 3 fully saturated rings. The highest BCUT2D eigenvalue weighted by Gasteiger charge is 2.79. The Morgan fingerprint density at radius 3 is 2.11 bits per heavy atom. The second-order valence-corrected chi connectivity index (χ2v) is 13.2. The lowest BCUT2D eigenvalue weighted by Crippen LogP contribution is -2.59. The minimum absolute atomic E-state index is 0.170. The Bertz CT molecular complexity index is 1650. The standard InChI is InChI=1S/C38H40ClN3O5/c1-4-22-40(28-14-10-7-11-15-28)34(44)31-32-35(45)42(30(25-43)24-26-12-8-6-9-13-26)33(38(32)21-20-37(31,3)47-38)36(46)41(23-5-2)29-18-16-27(39)17-19-29/h4-19,30-33,43H,1-2,20-25H2,3H3/t30-,31-,32+,33?,37+,38?/m1/s1. The zero-order valence-corrected chi connectivity index (χ0v) is 27.3. The highest BCUT2D eigenvalue weighted by atomic mass is 35.5. The minimum Gasteiger partial charge on any atom is -0.394 e. The fraction of sp³-hybridized carbons (Fsp3) is 0.342. The maximum absolute atomic E-state index is 15.0. The minimum atomic E-state index is -1.28. The molecule has 3 aliphatic rings. The molecule has 9 heteroatoms. The first-order valence-corrected chi connectivity index (χ1v) is 16.4. The van der Waals surface area contributed by atoms with E-state index in [1.165, 1.54) is 4.90 Å². The average Bonchev–Trinajstić information content (AvgIpc) is 3.66. The van der Waals surface area contributed by atoms with Gasteiger partial charge in [0.15, 0.2) is 0 Å².